The van der Waals surface area contributed by atoms with Crippen LogP contribution in [0.1, 0.15) is 16.5 Å². The molecule has 0 saturated carbocycles. The molecule has 0 aliphatic rings. The van der Waals surface area contributed by atoms with E-state index in [0.717, 1.165) is 4.88 Å². The molecule has 0 saturated heterocycles. The van der Waals surface area contributed by atoms with Gasteiger partial charge >= 0.3 is 0 Å². The van der Waals surface area contributed by atoms with Gasteiger partial charge in [-0.3, -0.25) is 0 Å². The van der Waals surface area contributed by atoms with Crippen molar-refractivity contribution in [1.29, 1.82) is 0 Å². The first-order valence-corrected chi connectivity index (χ1v) is 6.50. The van der Waals surface area contributed by atoms with Gasteiger partial charge in [-0.25, -0.2) is 4.39 Å². The fourth-order valence-electron chi connectivity index (χ4n) is 1.54. The minimum Gasteiger partial charge on any atom is -0.388 e. The molecule has 1 unspecified atom stereocenters. The van der Waals surface area contributed by atoms with Crippen LogP contribution in [0, 0.1) is 5.82 Å². The molecule has 2 rings (SSSR count). The normalized spacial score (nSPS) is 12.7. The van der Waals surface area contributed by atoms with Gasteiger partial charge in [0.2, 0.25) is 0 Å². The Labute approximate surface area is 112 Å². The van der Waals surface area contributed by atoms with Gasteiger partial charge in [-0.2, -0.15) is 0 Å². The van der Waals surface area contributed by atoms with Crippen LogP contribution in [0.25, 0.3) is 0 Å². The highest BCUT2D eigenvalue weighted by atomic mass is 35.5. The predicted octanol–water partition coefficient (Wildman–Crippen LogP) is 4.47. The molecular formula is C12H9Cl2FOS. The average molecular weight is 291 g/mol. The highest BCUT2D eigenvalue weighted by Gasteiger charge is 2.12. The Morgan fingerprint density at radius 1 is 1.24 bits per heavy atom. The van der Waals surface area contributed by atoms with Crippen LogP contribution < -0.4 is 0 Å². The molecular weight excluding hydrogens is 282 g/mol. The summed E-state index contributed by atoms with van der Waals surface area (Å²) >= 11 is 12.9. The maximum absolute atomic E-state index is 13.1. The van der Waals surface area contributed by atoms with Gasteiger partial charge in [0.15, 0.2) is 0 Å². The molecule has 0 amide bonds. The molecule has 1 heterocycles. The highest BCUT2D eigenvalue weighted by Crippen LogP contribution is 2.28. The van der Waals surface area contributed by atoms with Crippen LogP contribution in [-0.4, -0.2) is 5.11 Å². The lowest BCUT2D eigenvalue weighted by Gasteiger charge is -2.10. The summed E-state index contributed by atoms with van der Waals surface area (Å²) in [5.74, 6) is -0.448. The molecule has 90 valence electrons. The summed E-state index contributed by atoms with van der Waals surface area (Å²) in [6, 6.07) is 7.67. The molecule has 1 aromatic heterocycles. The molecule has 1 nitrogen and oxygen atoms in total. The van der Waals surface area contributed by atoms with Crippen LogP contribution in [0.5, 0.6) is 0 Å². The Hall–Kier alpha value is -0.610. The van der Waals surface area contributed by atoms with E-state index in [-0.39, 0.29) is 5.02 Å². The first kappa shape index (κ1) is 12.8. The second-order valence-electron chi connectivity index (χ2n) is 3.63. The molecule has 1 N–H and O–H groups in total. The van der Waals surface area contributed by atoms with Gasteiger partial charge in [0.1, 0.15) is 5.82 Å². The van der Waals surface area contributed by atoms with Gasteiger partial charge < -0.3 is 5.11 Å². The minimum atomic E-state index is -0.780. The Kier molecular flexibility index (Phi) is 4.05. The predicted molar refractivity (Wildman–Crippen MR) is 69.4 cm³/mol. The van der Waals surface area contributed by atoms with E-state index in [1.54, 1.807) is 12.1 Å². The summed E-state index contributed by atoms with van der Waals surface area (Å²) in [7, 11) is 0. The first-order chi connectivity index (χ1) is 8.04. The number of benzene rings is 1. The lowest BCUT2D eigenvalue weighted by Crippen LogP contribution is -2.01. The summed E-state index contributed by atoms with van der Waals surface area (Å²) in [6.07, 6.45) is -0.380. The lowest BCUT2D eigenvalue weighted by molar-refractivity contribution is 0.179. The van der Waals surface area contributed by atoms with Crippen molar-refractivity contribution in [2.75, 3.05) is 0 Å². The third-order valence-corrected chi connectivity index (χ3v) is 3.76. The van der Waals surface area contributed by atoms with Crippen LogP contribution >= 0.6 is 34.5 Å². The zero-order valence-electron chi connectivity index (χ0n) is 8.66. The van der Waals surface area contributed by atoms with E-state index in [4.69, 9.17) is 23.2 Å². The number of hydrogen-bond acceptors (Lipinski definition) is 2. The number of rotatable bonds is 3. The molecule has 0 bridgehead atoms. The van der Waals surface area contributed by atoms with Crippen molar-refractivity contribution < 1.29 is 9.50 Å². The van der Waals surface area contributed by atoms with Crippen LogP contribution in [0.2, 0.25) is 9.36 Å². The van der Waals surface area contributed by atoms with Crippen molar-refractivity contribution in [2.24, 2.45) is 0 Å². The smallest absolute Gasteiger partial charge is 0.125 e. The molecule has 5 heteroatoms. The van der Waals surface area contributed by atoms with Crippen molar-refractivity contribution in [3.05, 3.63) is 55.9 Å². The van der Waals surface area contributed by atoms with Crippen molar-refractivity contribution >= 4 is 34.5 Å². The molecule has 0 aliphatic heterocycles. The van der Waals surface area contributed by atoms with E-state index in [0.29, 0.717) is 16.3 Å². The number of halogens is 3. The summed E-state index contributed by atoms with van der Waals surface area (Å²) in [6.45, 7) is 0. The standard InChI is InChI=1S/C12H9Cl2FOS/c13-8-3-7(4-9(15)5-8)11(16)6-10-1-2-12(14)17-10/h1-5,11,16H,6H2. The van der Waals surface area contributed by atoms with Crippen molar-refractivity contribution in [2.45, 2.75) is 12.5 Å². The largest absolute Gasteiger partial charge is 0.388 e. The Morgan fingerprint density at radius 2 is 2.00 bits per heavy atom. The van der Waals surface area contributed by atoms with Crippen LogP contribution in [0.15, 0.2) is 30.3 Å². The second kappa shape index (κ2) is 5.36. The van der Waals surface area contributed by atoms with E-state index < -0.39 is 11.9 Å². The highest BCUT2D eigenvalue weighted by molar-refractivity contribution is 7.16. The number of hydrogen-bond donors (Lipinski definition) is 1. The lowest BCUT2D eigenvalue weighted by atomic mass is 10.1. The van der Waals surface area contributed by atoms with Gasteiger partial charge in [0.05, 0.1) is 10.4 Å². The minimum absolute atomic E-state index is 0.281. The summed E-state index contributed by atoms with van der Waals surface area (Å²) in [5.41, 5.74) is 0.472. The van der Waals surface area contributed by atoms with Crippen LogP contribution in [0.4, 0.5) is 4.39 Å². The molecule has 17 heavy (non-hydrogen) atoms. The molecule has 1 atom stereocenters. The van der Waals surface area contributed by atoms with E-state index >= 15 is 0 Å². The summed E-state index contributed by atoms with van der Waals surface area (Å²) in [5, 5.41) is 10.3. The van der Waals surface area contributed by atoms with Crippen molar-refractivity contribution in [3.63, 3.8) is 0 Å². The molecule has 0 fully saturated rings. The first-order valence-electron chi connectivity index (χ1n) is 4.93. The fourth-order valence-corrected chi connectivity index (χ4v) is 2.89. The topological polar surface area (TPSA) is 20.2 Å². The molecule has 0 spiro atoms. The van der Waals surface area contributed by atoms with Crippen LogP contribution in [0.3, 0.4) is 0 Å². The van der Waals surface area contributed by atoms with E-state index in [2.05, 4.69) is 0 Å². The Morgan fingerprint density at radius 3 is 2.59 bits per heavy atom. The van der Waals surface area contributed by atoms with E-state index in [9.17, 15) is 9.50 Å². The van der Waals surface area contributed by atoms with Gasteiger partial charge in [0, 0.05) is 16.3 Å². The van der Waals surface area contributed by atoms with Crippen molar-refractivity contribution in [1.82, 2.24) is 0 Å². The zero-order chi connectivity index (χ0) is 12.4. The average Bonchev–Trinajstić information content (AvgIpc) is 2.62. The van der Waals surface area contributed by atoms with Gasteiger partial charge in [-0.05, 0) is 35.9 Å². The quantitative estimate of drug-likeness (QED) is 0.884. The molecule has 0 radical (unpaired) electrons. The SMILES string of the molecule is OC(Cc1ccc(Cl)s1)c1cc(F)cc(Cl)c1. The van der Waals surface area contributed by atoms with Gasteiger partial charge in [0.25, 0.3) is 0 Å². The molecule has 0 aliphatic carbocycles. The second-order valence-corrected chi connectivity index (χ2v) is 5.86. The molecule has 2 aromatic rings. The molecule has 1 aromatic carbocycles. The zero-order valence-corrected chi connectivity index (χ0v) is 11.0. The van der Waals surface area contributed by atoms with Gasteiger partial charge in [-0.15, -0.1) is 11.3 Å². The van der Waals surface area contributed by atoms with Gasteiger partial charge in [-0.1, -0.05) is 23.2 Å². The van der Waals surface area contributed by atoms with E-state index in [1.165, 1.54) is 23.5 Å². The van der Waals surface area contributed by atoms with Crippen LogP contribution in [-0.2, 0) is 6.42 Å². The monoisotopic (exact) mass is 290 g/mol. The fraction of sp³-hybridized carbons (Fsp3) is 0.167. The number of aliphatic hydroxyl groups excluding tert-OH is 1. The third-order valence-electron chi connectivity index (χ3n) is 2.29. The third kappa shape index (κ3) is 3.42. The summed E-state index contributed by atoms with van der Waals surface area (Å²) < 4.78 is 13.8. The number of thiophene rings is 1. The van der Waals surface area contributed by atoms with E-state index in [1.807, 2.05) is 6.07 Å². The Bertz CT molecular complexity index is 507. The maximum Gasteiger partial charge on any atom is 0.125 e. The van der Waals surface area contributed by atoms with Crippen molar-refractivity contribution in [3.8, 4) is 0 Å². The summed E-state index contributed by atoms with van der Waals surface area (Å²) in [4.78, 5) is 0.947. The maximum atomic E-state index is 13.1. The Balaban J connectivity index is 2.16. The number of aliphatic hydroxyl groups is 1.